The molecule has 22 heavy (non-hydrogen) atoms. The Morgan fingerprint density at radius 3 is 2.41 bits per heavy atom. The lowest BCUT2D eigenvalue weighted by molar-refractivity contribution is 0.384. The Morgan fingerprint density at radius 1 is 1.27 bits per heavy atom. The SMILES string of the molecule is COc1cccc(OC)c1CNC(N)=Nc1nc(C)c(C)o1. The maximum atomic E-state index is 5.85. The molecule has 0 saturated carbocycles. The van der Waals surface area contributed by atoms with Gasteiger partial charge < -0.3 is 24.9 Å². The lowest BCUT2D eigenvalue weighted by Crippen LogP contribution is -2.31. The van der Waals surface area contributed by atoms with Crippen molar-refractivity contribution in [1.29, 1.82) is 0 Å². The molecule has 0 aliphatic rings. The molecule has 118 valence electrons. The zero-order chi connectivity index (χ0) is 16.1. The number of aromatic nitrogens is 1. The van der Waals surface area contributed by atoms with Crippen LogP contribution in [0.1, 0.15) is 17.0 Å². The van der Waals surface area contributed by atoms with Crippen LogP contribution in [-0.2, 0) is 6.54 Å². The molecule has 1 heterocycles. The van der Waals surface area contributed by atoms with E-state index in [2.05, 4.69) is 15.3 Å². The van der Waals surface area contributed by atoms with Gasteiger partial charge in [0.25, 0.3) is 0 Å². The summed E-state index contributed by atoms with van der Waals surface area (Å²) in [5.74, 6) is 2.34. The lowest BCUT2D eigenvalue weighted by atomic mass is 10.1. The third-order valence-corrected chi connectivity index (χ3v) is 3.21. The average molecular weight is 304 g/mol. The van der Waals surface area contributed by atoms with E-state index in [-0.39, 0.29) is 12.0 Å². The van der Waals surface area contributed by atoms with Crippen molar-refractivity contribution < 1.29 is 13.9 Å². The van der Waals surface area contributed by atoms with Gasteiger partial charge in [0.1, 0.15) is 17.3 Å². The van der Waals surface area contributed by atoms with Crippen molar-refractivity contribution in [3.05, 3.63) is 35.2 Å². The van der Waals surface area contributed by atoms with Gasteiger partial charge in [0.05, 0.1) is 32.0 Å². The Kier molecular flexibility index (Phi) is 4.88. The second-order valence-electron chi connectivity index (χ2n) is 4.63. The van der Waals surface area contributed by atoms with Gasteiger partial charge >= 0.3 is 6.01 Å². The molecule has 0 fully saturated rings. The smallest absolute Gasteiger partial charge is 0.325 e. The molecule has 0 aliphatic carbocycles. The first-order valence-corrected chi connectivity index (χ1v) is 6.77. The molecule has 3 N–H and O–H groups in total. The van der Waals surface area contributed by atoms with Gasteiger partial charge in [-0.3, -0.25) is 0 Å². The summed E-state index contributed by atoms with van der Waals surface area (Å²) in [6.45, 7) is 4.08. The van der Waals surface area contributed by atoms with Crippen molar-refractivity contribution in [2.24, 2.45) is 10.7 Å². The zero-order valence-corrected chi connectivity index (χ0v) is 13.1. The van der Waals surface area contributed by atoms with E-state index in [9.17, 15) is 0 Å². The fraction of sp³-hybridized carbons (Fsp3) is 0.333. The first kappa shape index (κ1) is 15.7. The molecule has 0 spiro atoms. The van der Waals surface area contributed by atoms with Gasteiger partial charge in [-0.1, -0.05) is 6.07 Å². The van der Waals surface area contributed by atoms with E-state index < -0.39 is 0 Å². The molecule has 2 aromatic rings. The Labute approximate surface area is 129 Å². The van der Waals surface area contributed by atoms with Crippen LogP contribution in [0.2, 0.25) is 0 Å². The number of rotatable bonds is 5. The minimum absolute atomic E-state index is 0.203. The predicted octanol–water partition coefficient (Wildman–Crippen LogP) is 2.04. The summed E-state index contributed by atoms with van der Waals surface area (Å²) in [5.41, 5.74) is 7.50. The van der Waals surface area contributed by atoms with E-state index in [0.29, 0.717) is 18.0 Å². The van der Waals surface area contributed by atoms with Crippen LogP contribution in [0.4, 0.5) is 6.01 Å². The Hall–Kier alpha value is -2.70. The number of benzene rings is 1. The zero-order valence-electron chi connectivity index (χ0n) is 13.1. The highest BCUT2D eigenvalue weighted by atomic mass is 16.5. The van der Waals surface area contributed by atoms with Crippen molar-refractivity contribution in [3.63, 3.8) is 0 Å². The van der Waals surface area contributed by atoms with Crippen LogP contribution >= 0.6 is 0 Å². The number of aliphatic imine (C=N–C) groups is 1. The van der Waals surface area contributed by atoms with Gasteiger partial charge in [-0.05, 0) is 26.0 Å². The van der Waals surface area contributed by atoms with E-state index in [1.165, 1.54) is 0 Å². The van der Waals surface area contributed by atoms with Gasteiger partial charge in [-0.25, -0.2) is 0 Å². The first-order chi connectivity index (χ1) is 10.5. The van der Waals surface area contributed by atoms with Crippen LogP contribution in [0.5, 0.6) is 11.5 Å². The first-order valence-electron chi connectivity index (χ1n) is 6.77. The minimum atomic E-state index is 0.203. The summed E-state index contributed by atoms with van der Waals surface area (Å²) in [6, 6.07) is 5.80. The summed E-state index contributed by atoms with van der Waals surface area (Å²) in [7, 11) is 3.21. The van der Waals surface area contributed by atoms with E-state index >= 15 is 0 Å². The molecule has 0 amide bonds. The van der Waals surface area contributed by atoms with Gasteiger partial charge in [-0.2, -0.15) is 9.98 Å². The number of ether oxygens (including phenoxy) is 2. The maximum Gasteiger partial charge on any atom is 0.325 e. The highest BCUT2D eigenvalue weighted by molar-refractivity contribution is 5.79. The number of aryl methyl sites for hydroxylation is 2. The number of methoxy groups -OCH3 is 2. The van der Waals surface area contributed by atoms with Crippen molar-refractivity contribution in [3.8, 4) is 11.5 Å². The average Bonchev–Trinajstić information content (AvgIpc) is 2.82. The molecule has 0 atom stereocenters. The van der Waals surface area contributed by atoms with Crippen LogP contribution in [0, 0.1) is 13.8 Å². The highest BCUT2D eigenvalue weighted by Gasteiger charge is 2.10. The number of nitrogens with zero attached hydrogens (tertiary/aromatic N) is 2. The number of oxazole rings is 1. The third-order valence-electron chi connectivity index (χ3n) is 3.21. The van der Waals surface area contributed by atoms with E-state index in [0.717, 1.165) is 17.0 Å². The molecule has 1 aromatic heterocycles. The number of nitrogens with one attached hydrogen (secondary N) is 1. The number of guanidine groups is 1. The molecule has 0 unspecified atom stereocenters. The Bertz CT molecular complexity index is 638. The van der Waals surface area contributed by atoms with Gasteiger partial charge in [0.2, 0.25) is 0 Å². The van der Waals surface area contributed by atoms with Crippen molar-refractivity contribution in [1.82, 2.24) is 10.3 Å². The summed E-state index contributed by atoms with van der Waals surface area (Å²) in [5, 5.41) is 2.99. The van der Waals surface area contributed by atoms with Crippen LogP contribution in [0.25, 0.3) is 0 Å². The monoisotopic (exact) mass is 304 g/mol. The topological polar surface area (TPSA) is 94.9 Å². The van der Waals surface area contributed by atoms with Crippen LogP contribution in [0.15, 0.2) is 27.6 Å². The molecular weight excluding hydrogens is 284 g/mol. The third kappa shape index (κ3) is 3.49. The summed E-state index contributed by atoms with van der Waals surface area (Å²) >= 11 is 0. The molecule has 0 aliphatic heterocycles. The van der Waals surface area contributed by atoms with E-state index in [1.807, 2.05) is 32.0 Å². The molecule has 0 bridgehead atoms. The van der Waals surface area contributed by atoms with Gasteiger partial charge in [-0.15, -0.1) is 0 Å². The van der Waals surface area contributed by atoms with Crippen LogP contribution < -0.4 is 20.5 Å². The van der Waals surface area contributed by atoms with Crippen LogP contribution in [0.3, 0.4) is 0 Å². The van der Waals surface area contributed by atoms with Crippen molar-refractivity contribution in [2.75, 3.05) is 14.2 Å². The molecule has 0 radical (unpaired) electrons. The molecule has 1 aromatic carbocycles. The Morgan fingerprint density at radius 2 is 1.91 bits per heavy atom. The molecule has 2 rings (SSSR count). The minimum Gasteiger partial charge on any atom is -0.496 e. The van der Waals surface area contributed by atoms with Crippen molar-refractivity contribution in [2.45, 2.75) is 20.4 Å². The highest BCUT2D eigenvalue weighted by Crippen LogP contribution is 2.27. The quantitative estimate of drug-likeness (QED) is 0.648. The van der Waals surface area contributed by atoms with E-state index in [4.69, 9.17) is 19.6 Å². The normalized spacial score (nSPS) is 11.4. The molecule has 7 heteroatoms. The fourth-order valence-electron chi connectivity index (χ4n) is 1.93. The number of hydrogen-bond acceptors (Lipinski definition) is 5. The second-order valence-corrected chi connectivity index (χ2v) is 4.63. The number of nitrogens with two attached hydrogens (primary N) is 1. The molecule has 0 saturated heterocycles. The summed E-state index contributed by atoms with van der Waals surface area (Å²) in [4.78, 5) is 8.24. The lowest BCUT2D eigenvalue weighted by Gasteiger charge is -2.13. The van der Waals surface area contributed by atoms with Crippen LogP contribution in [-0.4, -0.2) is 25.2 Å². The van der Waals surface area contributed by atoms with E-state index in [1.54, 1.807) is 14.2 Å². The maximum absolute atomic E-state index is 5.85. The molecule has 7 nitrogen and oxygen atoms in total. The van der Waals surface area contributed by atoms with Crippen molar-refractivity contribution >= 4 is 12.0 Å². The second kappa shape index (κ2) is 6.84. The fourth-order valence-corrected chi connectivity index (χ4v) is 1.93. The van der Waals surface area contributed by atoms with Gasteiger partial charge in [0.15, 0.2) is 5.96 Å². The number of hydrogen-bond donors (Lipinski definition) is 2. The summed E-state index contributed by atoms with van der Waals surface area (Å²) < 4.78 is 16.0. The largest absolute Gasteiger partial charge is 0.496 e. The predicted molar refractivity (Wildman–Crippen MR) is 83.6 cm³/mol. The van der Waals surface area contributed by atoms with Gasteiger partial charge in [0, 0.05) is 0 Å². The standard InChI is InChI=1S/C15H20N4O3/c1-9-10(2)22-15(18-9)19-14(16)17-8-11-12(20-3)6-5-7-13(11)21-4/h5-7H,8H2,1-4H3,(H3,16,17,18,19). The Balaban J connectivity index is 2.12. The molecular formula is C15H20N4O3. The summed E-state index contributed by atoms with van der Waals surface area (Å²) in [6.07, 6.45) is 0.